The summed E-state index contributed by atoms with van der Waals surface area (Å²) in [4.78, 5) is 4.16. The molecule has 5 heteroatoms. The molecule has 2 aromatic rings. The Labute approximate surface area is 117 Å². The third-order valence-electron chi connectivity index (χ3n) is 2.64. The predicted molar refractivity (Wildman–Crippen MR) is 76.1 cm³/mol. The van der Waals surface area contributed by atoms with Gasteiger partial charge in [-0.2, -0.15) is 0 Å². The summed E-state index contributed by atoms with van der Waals surface area (Å²) >= 11 is 5.83. The fourth-order valence-corrected chi connectivity index (χ4v) is 1.85. The minimum absolute atomic E-state index is 0.470. The highest BCUT2D eigenvalue weighted by Gasteiger charge is 2.04. The van der Waals surface area contributed by atoms with Gasteiger partial charge in [0.2, 0.25) is 0 Å². The van der Waals surface area contributed by atoms with Crippen molar-refractivity contribution in [2.45, 2.75) is 6.54 Å². The Morgan fingerprint density at radius 1 is 1.11 bits per heavy atom. The van der Waals surface area contributed by atoms with Crippen LogP contribution in [0.15, 0.2) is 36.4 Å². The van der Waals surface area contributed by atoms with Gasteiger partial charge in [-0.3, -0.25) is 0 Å². The molecule has 0 amide bonds. The van der Waals surface area contributed by atoms with Gasteiger partial charge in [0, 0.05) is 6.54 Å². The first kappa shape index (κ1) is 13.5. The molecule has 0 radical (unpaired) electrons. The number of hydrogen-bond donors (Lipinski definition) is 1. The van der Waals surface area contributed by atoms with E-state index in [0.717, 1.165) is 11.4 Å². The van der Waals surface area contributed by atoms with Crippen LogP contribution in [0.2, 0.25) is 5.15 Å². The number of anilines is 1. The number of nitrogens with one attached hydrogen (secondary N) is 1. The van der Waals surface area contributed by atoms with E-state index in [2.05, 4.69) is 10.3 Å². The summed E-state index contributed by atoms with van der Waals surface area (Å²) in [5.74, 6) is 2.16. The van der Waals surface area contributed by atoms with Gasteiger partial charge in [0.1, 0.15) is 11.0 Å². The van der Waals surface area contributed by atoms with E-state index < -0.39 is 0 Å². The molecule has 1 aromatic heterocycles. The van der Waals surface area contributed by atoms with Crippen LogP contribution in [0.1, 0.15) is 5.56 Å². The van der Waals surface area contributed by atoms with Gasteiger partial charge in [0.15, 0.2) is 11.5 Å². The van der Waals surface area contributed by atoms with Crippen LogP contribution in [0.3, 0.4) is 0 Å². The van der Waals surface area contributed by atoms with Crippen LogP contribution in [0.4, 0.5) is 5.82 Å². The van der Waals surface area contributed by atoms with Crippen molar-refractivity contribution in [1.82, 2.24) is 4.98 Å². The molecule has 0 saturated heterocycles. The average Bonchev–Trinajstić information content (AvgIpc) is 2.45. The van der Waals surface area contributed by atoms with Gasteiger partial charge in [-0.15, -0.1) is 0 Å². The second-order valence-corrected chi connectivity index (χ2v) is 4.28. The highest BCUT2D eigenvalue weighted by Crippen LogP contribution is 2.27. The Morgan fingerprint density at radius 2 is 1.89 bits per heavy atom. The van der Waals surface area contributed by atoms with E-state index >= 15 is 0 Å². The number of nitrogens with zero attached hydrogens (tertiary/aromatic N) is 1. The lowest BCUT2D eigenvalue weighted by atomic mass is 10.2. The molecule has 0 spiro atoms. The summed E-state index contributed by atoms with van der Waals surface area (Å²) in [7, 11) is 3.24. The lowest BCUT2D eigenvalue weighted by Crippen LogP contribution is -2.02. The topological polar surface area (TPSA) is 43.4 Å². The minimum Gasteiger partial charge on any atom is -0.493 e. The first-order valence-electron chi connectivity index (χ1n) is 5.80. The van der Waals surface area contributed by atoms with Gasteiger partial charge in [-0.1, -0.05) is 23.7 Å². The van der Waals surface area contributed by atoms with E-state index in [9.17, 15) is 0 Å². The van der Waals surface area contributed by atoms with Gasteiger partial charge >= 0.3 is 0 Å². The molecule has 100 valence electrons. The van der Waals surface area contributed by atoms with Crippen molar-refractivity contribution in [2.75, 3.05) is 19.5 Å². The molecule has 1 aromatic carbocycles. The summed E-state index contributed by atoms with van der Waals surface area (Å²) < 4.78 is 10.5. The summed E-state index contributed by atoms with van der Waals surface area (Å²) in [6.07, 6.45) is 0. The van der Waals surface area contributed by atoms with Crippen molar-refractivity contribution < 1.29 is 9.47 Å². The largest absolute Gasteiger partial charge is 0.493 e. The van der Waals surface area contributed by atoms with E-state index in [-0.39, 0.29) is 0 Å². The number of halogens is 1. The highest BCUT2D eigenvalue weighted by molar-refractivity contribution is 6.29. The van der Waals surface area contributed by atoms with Gasteiger partial charge in [-0.05, 0) is 29.8 Å². The predicted octanol–water partition coefficient (Wildman–Crippen LogP) is 3.36. The van der Waals surface area contributed by atoms with E-state index in [4.69, 9.17) is 21.1 Å². The van der Waals surface area contributed by atoms with Crippen LogP contribution < -0.4 is 14.8 Å². The van der Waals surface area contributed by atoms with Gasteiger partial charge in [0.05, 0.1) is 14.2 Å². The third-order valence-corrected chi connectivity index (χ3v) is 2.85. The Morgan fingerprint density at radius 3 is 2.58 bits per heavy atom. The molecule has 0 unspecified atom stereocenters. The quantitative estimate of drug-likeness (QED) is 0.852. The van der Waals surface area contributed by atoms with E-state index in [0.29, 0.717) is 23.2 Å². The van der Waals surface area contributed by atoms with Gasteiger partial charge in [0.25, 0.3) is 0 Å². The van der Waals surface area contributed by atoms with Crippen LogP contribution in [-0.2, 0) is 6.54 Å². The van der Waals surface area contributed by atoms with Crippen molar-refractivity contribution in [1.29, 1.82) is 0 Å². The Balaban J connectivity index is 2.07. The molecule has 1 heterocycles. The smallest absolute Gasteiger partial charge is 0.161 e. The number of aromatic nitrogens is 1. The zero-order chi connectivity index (χ0) is 13.7. The molecule has 0 fully saturated rings. The number of hydrogen-bond acceptors (Lipinski definition) is 4. The maximum atomic E-state index is 5.83. The molecule has 1 N–H and O–H groups in total. The SMILES string of the molecule is COc1ccc(CNc2cccc(Cl)n2)cc1OC. The lowest BCUT2D eigenvalue weighted by Gasteiger charge is -2.10. The number of pyridine rings is 1. The summed E-state index contributed by atoms with van der Waals surface area (Å²) in [5, 5.41) is 3.67. The molecule has 0 aliphatic rings. The van der Waals surface area contributed by atoms with Crippen molar-refractivity contribution >= 4 is 17.4 Å². The molecule has 19 heavy (non-hydrogen) atoms. The zero-order valence-corrected chi connectivity index (χ0v) is 11.6. The summed E-state index contributed by atoms with van der Waals surface area (Å²) in [6.45, 7) is 0.633. The second kappa shape index (κ2) is 6.29. The van der Waals surface area contributed by atoms with Crippen LogP contribution in [0.5, 0.6) is 11.5 Å². The molecular formula is C14H15ClN2O2. The maximum Gasteiger partial charge on any atom is 0.161 e. The third kappa shape index (κ3) is 3.51. The number of ether oxygens (including phenoxy) is 2. The molecule has 0 aliphatic carbocycles. The van der Waals surface area contributed by atoms with Crippen molar-refractivity contribution in [3.8, 4) is 11.5 Å². The first-order valence-corrected chi connectivity index (χ1v) is 6.18. The second-order valence-electron chi connectivity index (χ2n) is 3.89. The molecule has 0 bridgehead atoms. The molecule has 0 saturated carbocycles. The van der Waals surface area contributed by atoms with Crippen LogP contribution in [0.25, 0.3) is 0 Å². The molecular weight excluding hydrogens is 264 g/mol. The Kier molecular flexibility index (Phi) is 4.47. The normalized spacial score (nSPS) is 10.1. The van der Waals surface area contributed by atoms with Crippen LogP contribution >= 0.6 is 11.6 Å². The molecule has 4 nitrogen and oxygen atoms in total. The first-order chi connectivity index (χ1) is 9.22. The van der Waals surface area contributed by atoms with Crippen molar-refractivity contribution in [3.05, 3.63) is 47.1 Å². The van der Waals surface area contributed by atoms with Crippen LogP contribution in [0, 0.1) is 0 Å². The van der Waals surface area contributed by atoms with E-state index in [1.54, 1.807) is 20.3 Å². The number of benzene rings is 1. The maximum absolute atomic E-state index is 5.83. The Hall–Kier alpha value is -1.94. The number of methoxy groups -OCH3 is 2. The van der Waals surface area contributed by atoms with Crippen molar-refractivity contribution in [3.63, 3.8) is 0 Å². The molecule has 2 rings (SSSR count). The summed E-state index contributed by atoms with van der Waals surface area (Å²) in [5.41, 5.74) is 1.07. The molecule has 0 atom stereocenters. The summed E-state index contributed by atoms with van der Waals surface area (Å²) in [6, 6.07) is 11.2. The standard InChI is InChI=1S/C14H15ClN2O2/c1-18-11-7-6-10(8-12(11)19-2)9-16-14-5-3-4-13(15)17-14/h3-8H,9H2,1-2H3,(H,16,17). The average molecular weight is 279 g/mol. The zero-order valence-electron chi connectivity index (χ0n) is 10.8. The fraction of sp³-hybridized carbons (Fsp3) is 0.214. The fourth-order valence-electron chi connectivity index (χ4n) is 1.69. The molecule has 0 aliphatic heterocycles. The lowest BCUT2D eigenvalue weighted by molar-refractivity contribution is 0.354. The highest BCUT2D eigenvalue weighted by atomic mass is 35.5. The van der Waals surface area contributed by atoms with E-state index in [1.165, 1.54) is 0 Å². The van der Waals surface area contributed by atoms with Crippen LogP contribution in [-0.4, -0.2) is 19.2 Å². The number of rotatable bonds is 5. The van der Waals surface area contributed by atoms with Gasteiger partial charge in [-0.25, -0.2) is 4.98 Å². The minimum atomic E-state index is 0.470. The monoisotopic (exact) mass is 278 g/mol. The Bertz CT molecular complexity index is 561. The van der Waals surface area contributed by atoms with Gasteiger partial charge < -0.3 is 14.8 Å². The van der Waals surface area contributed by atoms with Crippen molar-refractivity contribution in [2.24, 2.45) is 0 Å². The van der Waals surface area contributed by atoms with E-state index in [1.807, 2.05) is 30.3 Å².